The summed E-state index contributed by atoms with van der Waals surface area (Å²) < 4.78 is 70.0. The molecule has 34 heavy (non-hydrogen) atoms. The zero-order valence-corrected chi connectivity index (χ0v) is 18.2. The van der Waals surface area contributed by atoms with Gasteiger partial charge in [0.05, 0.1) is 22.7 Å². The van der Waals surface area contributed by atoms with Crippen molar-refractivity contribution in [3.05, 3.63) is 34.0 Å². The summed E-state index contributed by atoms with van der Waals surface area (Å²) in [6, 6.07) is 5.16. The van der Waals surface area contributed by atoms with E-state index in [1.807, 2.05) is 12.1 Å². The van der Waals surface area contributed by atoms with E-state index in [0.717, 1.165) is 24.6 Å². The summed E-state index contributed by atoms with van der Waals surface area (Å²) in [5.74, 6) is -5.29. The van der Waals surface area contributed by atoms with Gasteiger partial charge >= 0.3 is 6.18 Å². The van der Waals surface area contributed by atoms with Crippen LogP contribution in [0.25, 0.3) is 16.4 Å². The van der Waals surface area contributed by atoms with Gasteiger partial charge in [-0.1, -0.05) is 5.21 Å². The van der Waals surface area contributed by atoms with Crippen molar-refractivity contribution in [3.63, 3.8) is 0 Å². The molecule has 176 valence electrons. The van der Waals surface area contributed by atoms with Gasteiger partial charge in [-0.25, -0.2) is 9.36 Å². The summed E-state index contributed by atoms with van der Waals surface area (Å²) in [6.07, 6.45) is -3.15. The first-order valence-electron chi connectivity index (χ1n) is 9.53. The lowest BCUT2D eigenvalue weighted by Gasteiger charge is -2.13. The fraction of sp³-hybridized carbons (Fsp3) is 0.368. The third-order valence-electron chi connectivity index (χ3n) is 5.07. The number of halogens is 5. The molecule has 3 aromatic heterocycles. The van der Waals surface area contributed by atoms with Crippen molar-refractivity contribution < 1.29 is 26.7 Å². The van der Waals surface area contributed by atoms with Gasteiger partial charge in [0.25, 0.3) is 11.8 Å². The summed E-state index contributed by atoms with van der Waals surface area (Å²) in [5, 5.41) is 31.9. The lowest BCUT2D eigenvalue weighted by molar-refractivity contribution is -0.141. The minimum atomic E-state index is -5.16. The van der Waals surface area contributed by atoms with Crippen LogP contribution < -0.4 is 5.32 Å². The van der Waals surface area contributed by atoms with E-state index in [1.165, 1.54) is 6.07 Å². The highest BCUT2D eigenvalue weighted by atomic mass is 32.1. The molecule has 15 heteroatoms. The highest BCUT2D eigenvalue weighted by Crippen LogP contribution is 2.42. The molecule has 9 nitrogen and oxygen atoms in total. The van der Waals surface area contributed by atoms with Gasteiger partial charge in [-0.15, -0.1) is 16.4 Å². The van der Waals surface area contributed by atoms with E-state index in [9.17, 15) is 32.0 Å². The quantitative estimate of drug-likeness (QED) is 0.539. The van der Waals surface area contributed by atoms with E-state index >= 15 is 0 Å². The third kappa shape index (κ3) is 3.99. The zero-order chi connectivity index (χ0) is 25.1. The van der Waals surface area contributed by atoms with E-state index in [1.54, 1.807) is 0 Å². The molecule has 3 aromatic rings. The monoisotopic (exact) mass is 496 g/mol. The Balaban J connectivity index is 1.74. The molecular formula is C19H13F5N8OS. The summed E-state index contributed by atoms with van der Waals surface area (Å²) in [7, 11) is 1.06. The number of carbonyl (C=O) groups excluding carboxylic acids is 1. The maximum absolute atomic E-state index is 13.8. The number of nitrogens with one attached hydrogen (secondary N) is 1. The van der Waals surface area contributed by atoms with Crippen molar-refractivity contribution in [2.24, 2.45) is 7.05 Å². The summed E-state index contributed by atoms with van der Waals surface area (Å²) >= 11 is 0.842. The van der Waals surface area contributed by atoms with E-state index < -0.39 is 40.6 Å². The second-order valence-electron chi connectivity index (χ2n) is 7.72. The number of thiophene rings is 1. The Morgan fingerprint density at radius 1 is 1.26 bits per heavy atom. The second kappa shape index (κ2) is 7.59. The molecule has 0 radical (unpaired) electrons. The number of hydrogen-bond acceptors (Lipinski definition) is 7. The molecule has 0 saturated heterocycles. The van der Waals surface area contributed by atoms with Crippen molar-refractivity contribution in [3.8, 4) is 28.5 Å². The van der Waals surface area contributed by atoms with Gasteiger partial charge in [0, 0.05) is 14.0 Å². The topological polar surface area (TPSA) is 125 Å². The van der Waals surface area contributed by atoms with Crippen LogP contribution in [0.3, 0.4) is 0 Å². The minimum Gasteiger partial charge on any atom is -0.334 e. The second-order valence-corrected chi connectivity index (χ2v) is 8.77. The third-order valence-corrected chi connectivity index (χ3v) is 6.14. The van der Waals surface area contributed by atoms with Crippen LogP contribution in [0.1, 0.15) is 46.3 Å². The lowest BCUT2D eigenvalue weighted by atomic mass is 10.1. The normalized spacial score (nSPS) is 15.0. The lowest BCUT2D eigenvalue weighted by Crippen LogP contribution is -2.35. The van der Waals surface area contributed by atoms with Crippen LogP contribution in [0.2, 0.25) is 0 Å². The van der Waals surface area contributed by atoms with Crippen LogP contribution in [0.15, 0.2) is 12.3 Å². The van der Waals surface area contributed by atoms with E-state index in [-0.39, 0.29) is 21.0 Å². The van der Waals surface area contributed by atoms with Gasteiger partial charge in [0.15, 0.2) is 5.82 Å². The smallest absolute Gasteiger partial charge is 0.334 e. The SMILES string of the molecule is Cn1nc(C(C)(F)F)c(C(F)(F)F)c1-n1cc(-c2cc(C(=O)NC3(C#N)CC3)c(C#N)s2)nn1. The van der Waals surface area contributed by atoms with Crippen molar-refractivity contribution in [1.82, 2.24) is 30.1 Å². The maximum Gasteiger partial charge on any atom is 0.422 e. The summed E-state index contributed by atoms with van der Waals surface area (Å²) in [6.45, 7) is 0.306. The number of alkyl halides is 5. The number of nitrogens with zero attached hydrogens (tertiary/aromatic N) is 7. The molecular weight excluding hydrogens is 483 g/mol. The number of hydrogen-bond donors (Lipinski definition) is 1. The van der Waals surface area contributed by atoms with Crippen LogP contribution in [0.4, 0.5) is 22.0 Å². The largest absolute Gasteiger partial charge is 0.422 e. The van der Waals surface area contributed by atoms with Gasteiger partial charge < -0.3 is 5.32 Å². The van der Waals surface area contributed by atoms with Crippen molar-refractivity contribution in [2.75, 3.05) is 0 Å². The molecule has 0 unspecified atom stereocenters. The molecule has 1 saturated carbocycles. The average Bonchev–Trinajstić information content (AvgIpc) is 3.11. The molecule has 3 heterocycles. The van der Waals surface area contributed by atoms with Crippen LogP contribution in [0.5, 0.6) is 0 Å². The van der Waals surface area contributed by atoms with Crippen LogP contribution >= 0.6 is 11.3 Å². The number of carbonyl (C=O) groups is 1. The Labute approximate surface area is 192 Å². The standard InChI is InChI=1S/C19H13F5N8OS/c1-17(20,21)14-13(19(22,23)24)16(31(2)29-14)32-7-10(28-30-32)11-5-9(12(6-25)34-11)15(33)27-18(8-26)3-4-18/h5,7H,3-4H2,1-2H3,(H,27,33). The average molecular weight is 496 g/mol. The fourth-order valence-electron chi connectivity index (χ4n) is 3.27. The molecule has 1 aliphatic carbocycles. The van der Waals surface area contributed by atoms with Crippen molar-refractivity contribution >= 4 is 17.2 Å². The molecule has 1 N–H and O–H groups in total. The van der Waals surface area contributed by atoms with E-state index in [2.05, 4.69) is 20.7 Å². The summed E-state index contributed by atoms with van der Waals surface area (Å²) in [4.78, 5) is 12.8. The van der Waals surface area contributed by atoms with Crippen LogP contribution in [-0.2, 0) is 19.1 Å². The molecule has 1 aliphatic rings. The number of aryl methyl sites for hydroxylation is 1. The van der Waals surface area contributed by atoms with Gasteiger partial charge in [0.2, 0.25) is 0 Å². The number of rotatable bonds is 5. The molecule has 0 bridgehead atoms. The van der Waals surface area contributed by atoms with E-state index in [4.69, 9.17) is 5.26 Å². The Hall–Kier alpha value is -3.85. The highest BCUT2D eigenvalue weighted by Gasteiger charge is 2.47. The molecule has 0 spiro atoms. The van der Waals surface area contributed by atoms with E-state index in [0.29, 0.717) is 29.1 Å². The first-order chi connectivity index (χ1) is 15.8. The molecule has 0 aliphatic heterocycles. The molecule has 4 rings (SSSR count). The van der Waals surface area contributed by atoms with Crippen molar-refractivity contribution in [2.45, 2.75) is 37.4 Å². The molecule has 1 fully saturated rings. The number of amides is 1. The molecule has 1 amide bonds. The predicted octanol–water partition coefficient (Wildman–Crippen LogP) is 3.52. The first kappa shape index (κ1) is 23.3. The molecule has 0 aromatic carbocycles. The number of nitriles is 2. The van der Waals surface area contributed by atoms with Crippen LogP contribution in [-0.4, -0.2) is 36.2 Å². The Morgan fingerprint density at radius 3 is 2.47 bits per heavy atom. The van der Waals surface area contributed by atoms with Gasteiger partial charge in [-0.3, -0.25) is 4.79 Å². The minimum absolute atomic E-state index is 0.000199. The first-order valence-corrected chi connectivity index (χ1v) is 10.3. The highest BCUT2D eigenvalue weighted by molar-refractivity contribution is 7.16. The Morgan fingerprint density at radius 2 is 1.94 bits per heavy atom. The van der Waals surface area contributed by atoms with Crippen molar-refractivity contribution in [1.29, 1.82) is 10.5 Å². The predicted molar refractivity (Wildman–Crippen MR) is 106 cm³/mol. The zero-order valence-electron chi connectivity index (χ0n) is 17.4. The van der Waals surface area contributed by atoms with Gasteiger partial charge in [-0.05, 0) is 18.9 Å². The Kier molecular flexibility index (Phi) is 5.21. The van der Waals surface area contributed by atoms with Gasteiger partial charge in [0.1, 0.15) is 33.4 Å². The molecule has 0 atom stereocenters. The fourth-order valence-corrected chi connectivity index (χ4v) is 4.17. The Bertz CT molecular complexity index is 1380. The van der Waals surface area contributed by atoms with Crippen LogP contribution in [0, 0.1) is 22.7 Å². The summed E-state index contributed by atoms with van der Waals surface area (Å²) in [5.41, 5.74) is -4.11. The maximum atomic E-state index is 13.8. The number of aromatic nitrogens is 5. The van der Waals surface area contributed by atoms with Gasteiger partial charge in [-0.2, -0.15) is 37.6 Å².